The average molecular weight is 487 g/mol. The number of amides is 2. The number of carbonyl (C=O) groups is 2. The molecule has 11 heteroatoms. The normalized spacial score (nSPS) is 14.0. The number of hydrogen-bond donors (Lipinski definition) is 0. The van der Waals surface area contributed by atoms with Crippen LogP contribution >= 0.6 is 0 Å². The third-order valence-electron chi connectivity index (χ3n) is 5.63. The Balaban J connectivity index is 1.75. The molecule has 1 saturated heterocycles. The highest BCUT2D eigenvalue weighted by atomic mass is 16.6. The Kier molecular flexibility index (Phi) is 8.31. The van der Waals surface area contributed by atoms with Crippen LogP contribution in [0.1, 0.15) is 42.9 Å². The molecular formula is C24H34N6O5. The van der Waals surface area contributed by atoms with Crippen LogP contribution in [-0.2, 0) is 4.74 Å². The molecule has 1 fully saturated rings. The van der Waals surface area contributed by atoms with Crippen molar-refractivity contribution in [1.82, 2.24) is 24.8 Å². The van der Waals surface area contributed by atoms with Gasteiger partial charge in [-0.15, -0.1) is 0 Å². The van der Waals surface area contributed by atoms with Gasteiger partial charge >= 0.3 is 6.09 Å². The first kappa shape index (κ1) is 26.0. The second-order valence-corrected chi connectivity index (χ2v) is 8.83. The number of piperidine rings is 1. The number of hydrogen-bond acceptors (Lipinski definition) is 9. The van der Waals surface area contributed by atoms with Gasteiger partial charge in [0, 0.05) is 47.1 Å². The molecule has 0 saturated carbocycles. The molecule has 190 valence electrons. The predicted octanol–water partition coefficient (Wildman–Crippen LogP) is 3.05. The maximum absolute atomic E-state index is 12.3. The van der Waals surface area contributed by atoms with Crippen LogP contribution in [0, 0.1) is 6.92 Å². The van der Waals surface area contributed by atoms with Gasteiger partial charge in [-0.1, -0.05) is 0 Å². The number of rotatable bonds is 7. The topological polar surface area (TPSA) is 110 Å². The van der Waals surface area contributed by atoms with E-state index in [1.165, 1.54) is 18.3 Å². The zero-order chi connectivity index (χ0) is 25.7. The number of likely N-dealkylation sites (tertiary alicyclic amines) is 1. The van der Waals surface area contributed by atoms with Crippen molar-refractivity contribution < 1.29 is 23.8 Å². The molecule has 0 bridgehead atoms. The number of ether oxygens (including phenoxy) is 3. The smallest absolute Gasteiger partial charge is 0.410 e. The van der Waals surface area contributed by atoms with Crippen molar-refractivity contribution in [3.63, 3.8) is 0 Å². The molecule has 0 aromatic carbocycles. The van der Waals surface area contributed by atoms with Crippen molar-refractivity contribution in [3.8, 4) is 11.6 Å². The Morgan fingerprint density at radius 1 is 1.11 bits per heavy atom. The highest BCUT2D eigenvalue weighted by Gasteiger charge is 2.28. The number of pyridine rings is 1. The summed E-state index contributed by atoms with van der Waals surface area (Å²) in [5.74, 6) is 1.07. The fourth-order valence-electron chi connectivity index (χ4n) is 3.81. The monoisotopic (exact) mass is 486 g/mol. The summed E-state index contributed by atoms with van der Waals surface area (Å²) in [6, 6.07) is 3.51. The SMILES string of the molecule is COc1c(OC2CCN(C(=O)OC(C)C)CC2)ncnc1N(C)c1ccc(C(=O)N(C)C)nc1C. The quantitative estimate of drug-likeness (QED) is 0.583. The van der Waals surface area contributed by atoms with Crippen LogP contribution in [0.15, 0.2) is 18.5 Å². The van der Waals surface area contributed by atoms with Crippen LogP contribution < -0.4 is 14.4 Å². The van der Waals surface area contributed by atoms with Gasteiger partial charge in [-0.2, -0.15) is 4.98 Å². The summed E-state index contributed by atoms with van der Waals surface area (Å²) in [5.41, 5.74) is 1.80. The number of anilines is 2. The second-order valence-electron chi connectivity index (χ2n) is 8.83. The van der Waals surface area contributed by atoms with Gasteiger partial charge in [0.15, 0.2) is 5.82 Å². The Hall–Kier alpha value is -3.63. The first-order valence-electron chi connectivity index (χ1n) is 11.6. The molecule has 2 amide bonds. The summed E-state index contributed by atoms with van der Waals surface area (Å²) in [4.78, 5) is 42.6. The largest absolute Gasteiger partial charge is 0.489 e. The second kappa shape index (κ2) is 11.2. The maximum atomic E-state index is 12.3. The van der Waals surface area contributed by atoms with Gasteiger partial charge in [-0.25, -0.2) is 14.8 Å². The number of carbonyl (C=O) groups excluding carboxylic acids is 2. The molecule has 3 heterocycles. The van der Waals surface area contributed by atoms with Gasteiger partial charge in [-0.3, -0.25) is 4.79 Å². The molecule has 1 aliphatic heterocycles. The molecule has 0 aliphatic carbocycles. The van der Waals surface area contributed by atoms with Crippen molar-refractivity contribution in [1.29, 1.82) is 0 Å². The van der Waals surface area contributed by atoms with Gasteiger partial charge in [0.1, 0.15) is 18.1 Å². The van der Waals surface area contributed by atoms with Crippen molar-refractivity contribution >= 4 is 23.5 Å². The molecule has 2 aromatic heterocycles. The van der Waals surface area contributed by atoms with E-state index in [4.69, 9.17) is 14.2 Å². The van der Waals surface area contributed by atoms with Crippen molar-refractivity contribution in [2.45, 2.75) is 45.8 Å². The summed E-state index contributed by atoms with van der Waals surface area (Å²) in [6.45, 7) is 6.58. The van der Waals surface area contributed by atoms with Crippen LogP contribution in [0.5, 0.6) is 11.6 Å². The minimum Gasteiger partial charge on any atom is -0.489 e. The van der Waals surface area contributed by atoms with E-state index >= 15 is 0 Å². The molecule has 11 nitrogen and oxygen atoms in total. The first-order chi connectivity index (χ1) is 16.6. The number of methoxy groups -OCH3 is 1. The van der Waals surface area contributed by atoms with Gasteiger partial charge in [0.05, 0.1) is 24.6 Å². The fraction of sp³-hybridized carbons (Fsp3) is 0.542. The van der Waals surface area contributed by atoms with E-state index in [9.17, 15) is 9.59 Å². The zero-order valence-corrected chi connectivity index (χ0v) is 21.4. The van der Waals surface area contributed by atoms with Gasteiger partial charge < -0.3 is 28.9 Å². The zero-order valence-electron chi connectivity index (χ0n) is 21.4. The Bertz CT molecular complexity index is 1050. The van der Waals surface area contributed by atoms with Crippen LogP contribution in [0.3, 0.4) is 0 Å². The highest BCUT2D eigenvalue weighted by Crippen LogP contribution is 2.38. The van der Waals surface area contributed by atoms with Crippen LogP contribution in [0.2, 0.25) is 0 Å². The lowest BCUT2D eigenvalue weighted by Gasteiger charge is -2.32. The summed E-state index contributed by atoms with van der Waals surface area (Å²) in [6.07, 6.45) is 2.14. The van der Waals surface area contributed by atoms with E-state index in [0.29, 0.717) is 54.8 Å². The lowest BCUT2D eigenvalue weighted by atomic mass is 10.1. The van der Waals surface area contributed by atoms with Crippen molar-refractivity contribution in [2.75, 3.05) is 46.2 Å². The molecule has 0 unspecified atom stereocenters. The van der Waals surface area contributed by atoms with Crippen molar-refractivity contribution in [2.24, 2.45) is 0 Å². The molecule has 0 atom stereocenters. The lowest BCUT2D eigenvalue weighted by molar-refractivity contribution is 0.0500. The third-order valence-corrected chi connectivity index (χ3v) is 5.63. The molecule has 0 spiro atoms. The Morgan fingerprint density at radius 3 is 2.37 bits per heavy atom. The number of aryl methyl sites for hydroxylation is 1. The average Bonchev–Trinajstić information content (AvgIpc) is 2.82. The minimum atomic E-state index is -0.302. The molecule has 0 N–H and O–H groups in total. The van der Waals surface area contributed by atoms with Crippen LogP contribution in [-0.4, -0.2) is 90.3 Å². The van der Waals surface area contributed by atoms with E-state index in [1.807, 2.05) is 38.8 Å². The highest BCUT2D eigenvalue weighted by molar-refractivity contribution is 5.92. The maximum Gasteiger partial charge on any atom is 0.410 e. The van der Waals surface area contributed by atoms with Gasteiger partial charge in [-0.05, 0) is 32.9 Å². The van der Waals surface area contributed by atoms with Crippen molar-refractivity contribution in [3.05, 3.63) is 29.8 Å². The van der Waals surface area contributed by atoms with Crippen LogP contribution in [0.4, 0.5) is 16.3 Å². The first-order valence-corrected chi connectivity index (χ1v) is 11.6. The van der Waals surface area contributed by atoms with E-state index in [-0.39, 0.29) is 24.2 Å². The molecule has 35 heavy (non-hydrogen) atoms. The lowest BCUT2D eigenvalue weighted by Crippen LogP contribution is -2.42. The molecule has 1 aliphatic rings. The number of aromatic nitrogens is 3. The predicted molar refractivity (Wildman–Crippen MR) is 130 cm³/mol. The Labute approximate surface area is 206 Å². The fourth-order valence-corrected chi connectivity index (χ4v) is 3.81. The molecule has 3 rings (SSSR count). The summed E-state index contributed by atoms with van der Waals surface area (Å²) < 4.78 is 17.1. The Morgan fingerprint density at radius 2 is 1.80 bits per heavy atom. The van der Waals surface area contributed by atoms with Gasteiger partial charge in [0.25, 0.3) is 11.8 Å². The standard InChI is InChI=1S/C24H34N6O5/c1-15(2)34-24(32)30-12-10-17(11-13-30)35-22-20(33-7)21(25-14-26-22)29(6)19-9-8-18(27-16(19)3)23(31)28(4)5/h8-9,14-15,17H,10-13H2,1-7H3. The summed E-state index contributed by atoms with van der Waals surface area (Å²) >= 11 is 0. The molecule has 2 aromatic rings. The summed E-state index contributed by atoms with van der Waals surface area (Å²) in [5, 5.41) is 0. The minimum absolute atomic E-state index is 0.125. The van der Waals surface area contributed by atoms with E-state index in [2.05, 4.69) is 15.0 Å². The van der Waals surface area contributed by atoms with Crippen LogP contribution in [0.25, 0.3) is 0 Å². The molecular weight excluding hydrogens is 452 g/mol. The number of nitrogens with zero attached hydrogens (tertiary/aromatic N) is 6. The van der Waals surface area contributed by atoms with Gasteiger partial charge in [0.2, 0.25) is 5.75 Å². The summed E-state index contributed by atoms with van der Waals surface area (Å²) in [7, 11) is 6.75. The van der Waals surface area contributed by atoms with E-state index in [1.54, 1.807) is 25.1 Å². The third kappa shape index (κ3) is 6.09. The van der Waals surface area contributed by atoms with E-state index in [0.717, 1.165) is 5.69 Å². The molecule has 0 radical (unpaired) electrons. The van der Waals surface area contributed by atoms with E-state index < -0.39 is 0 Å².